The van der Waals surface area contributed by atoms with Gasteiger partial charge in [-0.25, -0.2) is 0 Å². The number of methoxy groups -OCH3 is 2. The number of rotatable bonds is 33. The number of hydrogen-bond acceptors (Lipinski definition) is 13. The molecule has 3 rings (SSSR count). The number of terminal acetylenes is 1. The third-order valence-corrected chi connectivity index (χ3v) is 13.8. The highest BCUT2D eigenvalue weighted by Crippen LogP contribution is 2.35. The number of likely N-dealkylation sites (tertiary alicyclic amines) is 1. The second-order valence-electron chi connectivity index (χ2n) is 20.0. The van der Waals surface area contributed by atoms with Crippen LogP contribution in [0.5, 0.6) is 0 Å². The van der Waals surface area contributed by atoms with Crippen molar-refractivity contribution in [2.24, 2.45) is 22.7 Å². The fourth-order valence-corrected chi connectivity index (χ4v) is 9.72. The molecule has 0 spiro atoms. The number of amides is 7. The van der Waals surface area contributed by atoms with Crippen LogP contribution >= 0.6 is 0 Å². The van der Waals surface area contributed by atoms with Gasteiger partial charge in [0.1, 0.15) is 17.3 Å². The van der Waals surface area contributed by atoms with Gasteiger partial charge in [-0.3, -0.25) is 43.5 Å². The van der Waals surface area contributed by atoms with E-state index in [2.05, 4.69) is 46.6 Å². The van der Waals surface area contributed by atoms with Crippen LogP contribution in [0.1, 0.15) is 104 Å². The highest BCUT2D eigenvalue weighted by atomic mass is 16.5. The van der Waals surface area contributed by atoms with Crippen molar-refractivity contribution in [3.05, 3.63) is 61.8 Å². The maximum atomic E-state index is 14.6. The first-order valence-corrected chi connectivity index (χ1v) is 26.5. The molecule has 1 saturated carbocycles. The highest BCUT2D eigenvalue weighted by molar-refractivity contribution is 6.12. The van der Waals surface area contributed by atoms with Crippen molar-refractivity contribution >= 4 is 47.1 Å². The van der Waals surface area contributed by atoms with E-state index in [0.717, 1.165) is 36.2 Å². The van der Waals surface area contributed by atoms with E-state index >= 15 is 0 Å². The van der Waals surface area contributed by atoms with Crippen LogP contribution in [0, 0.1) is 30.1 Å². The fourth-order valence-electron chi connectivity index (χ4n) is 9.72. The molecule has 7 amide bonds. The molecule has 0 aromatic carbocycles. The summed E-state index contributed by atoms with van der Waals surface area (Å²) in [5.41, 5.74) is -0.201. The minimum absolute atomic E-state index is 0. The van der Waals surface area contributed by atoms with E-state index in [9.17, 15) is 33.6 Å². The van der Waals surface area contributed by atoms with Gasteiger partial charge in [0.05, 0.1) is 88.9 Å². The molecule has 1 saturated heterocycles. The number of ether oxygens (including phenoxy) is 5. The molecule has 0 aromatic rings. The largest absolute Gasteiger partial charge is 0.379 e. The predicted molar refractivity (Wildman–Crippen MR) is 300 cm³/mol. The van der Waals surface area contributed by atoms with Crippen molar-refractivity contribution in [2.75, 3.05) is 81.0 Å². The topological polar surface area (TPSA) is 224 Å². The van der Waals surface area contributed by atoms with Gasteiger partial charge in [-0.05, 0) is 70.3 Å². The Morgan fingerprint density at radius 2 is 1.50 bits per heavy atom. The number of allylic oxidation sites excluding steroid dienone is 4. The molecule has 19 heteroatoms. The number of aliphatic imine (C=N–C) groups is 1. The van der Waals surface area contributed by atoms with Crippen molar-refractivity contribution in [1.82, 2.24) is 30.7 Å². The van der Waals surface area contributed by atoms with Gasteiger partial charge in [0, 0.05) is 57.7 Å². The van der Waals surface area contributed by atoms with Crippen LogP contribution in [-0.2, 0) is 57.2 Å². The van der Waals surface area contributed by atoms with E-state index in [1.54, 1.807) is 76.1 Å². The molecule has 0 unspecified atom stereocenters. The van der Waals surface area contributed by atoms with E-state index in [-0.39, 0.29) is 105 Å². The number of carbonyl (C=O) groups is 7. The maximum Gasteiger partial charge on any atom is 0.253 e. The zero-order valence-corrected chi connectivity index (χ0v) is 47.1. The Morgan fingerprint density at radius 1 is 0.908 bits per heavy atom. The number of carbonyl (C=O) groups excluding carboxylic acids is 7. The Labute approximate surface area is 457 Å². The Kier molecular flexibility index (Phi) is 30.4. The summed E-state index contributed by atoms with van der Waals surface area (Å²) in [6.07, 6.45) is 19.0. The molecule has 2 aliphatic heterocycles. The molecule has 7 atom stereocenters. The number of nitrogens with one attached hydrogen (secondary N) is 3. The van der Waals surface area contributed by atoms with Crippen LogP contribution in [0.25, 0.3) is 0 Å². The lowest BCUT2D eigenvalue weighted by Crippen LogP contribution is -2.62. The molecular weight excluding hydrogens is 975 g/mol. The summed E-state index contributed by atoms with van der Waals surface area (Å²) in [4.78, 5) is 102. The van der Waals surface area contributed by atoms with Gasteiger partial charge in [-0.1, -0.05) is 77.0 Å². The quantitative estimate of drug-likeness (QED) is 0.0191. The zero-order valence-electron chi connectivity index (χ0n) is 47.1. The molecular formula is C57H95N7O12. The summed E-state index contributed by atoms with van der Waals surface area (Å²) in [5.74, 6) is -0.926. The first kappa shape index (κ1) is 66.3. The van der Waals surface area contributed by atoms with E-state index in [1.165, 1.54) is 19.3 Å². The molecule has 0 aromatic heterocycles. The molecule has 2 fully saturated rings. The fraction of sp³-hybridized carbons (Fsp3) is 0.649. The van der Waals surface area contributed by atoms with Crippen molar-refractivity contribution in [1.29, 1.82) is 0 Å². The summed E-state index contributed by atoms with van der Waals surface area (Å²) < 4.78 is 28.6. The molecule has 0 radical (unpaired) electrons. The van der Waals surface area contributed by atoms with Crippen molar-refractivity contribution in [3.63, 3.8) is 0 Å². The van der Waals surface area contributed by atoms with Gasteiger partial charge in [-0.2, -0.15) is 0 Å². The average molecular weight is 1070 g/mol. The minimum Gasteiger partial charge on any atom is -0.379 e. The van der Waals surface area contributed by atoms with Gasteiger partial charge in [-0.15, -0.1) is 13.0 Å². The second-order valence-corrected chi connectivity index (χ2v) is 20.0. The summed E-state index contributed by atoms with van der Waals surface area (Å²) in [6.45, 7) is 23.4. The van der Waals surface area contributed by atoms with Crippen LogP contribution in [0.4, 0.5) is 0 Å². The van der Waals surface area contributed by atoms with Gasteiger partial charge < -0.3 is 49.4 Å². The average Bonchev–Trinajstić information content (AvgIpc) is 4.17. The molecule has 430 valence electrons. The van der Waals surface area contributed by atoms with Crippen molar-refractivity contribution in [2.45, 2.75) is 141 Å². The lowest BCUT2D eigenvalue weighted by atomic mass is 9.88. The lowest BCUT2D eigenvalue weighted by Gasteiger charge is -2.41. The molecule has 3 N–H and O–H groups in total. The summed E-state index contributed by atoms with van der Waals surface area (Å²) in [5, 5.41) is 8.74. The Hall–Kier alpha value is -5.78. The molecule has 3 aliphatic rings. The lowest BCUT2D eigenvalue weighted by molar-refractivity contribution is -0.148. The smallest absolute Gasteiger partial charge is 0.253 e. The zero-order chi connectivity index (χ0) is 57.0. The molecule has 19 nitrogen and oxygen atoms in total. The monoisotopic (exact) mass is 1070 g/mol. The number of nitrogens with zero attached hydrogens (tertiary/aromatic N) is 4. The Morgan fingerprint density at radius 3 is 2.03 bits per heavy atom. The Bertz CT molecular complexity index is 2090. The molecule has 2 heterocycles. The van der Waals surface area contributed by atoms with E-state index in [0.29, 0.717) is 31.5 Å². The van der Waals surface area contributed by atoms with E-state index in [1.807, 2.05) is 20.8 Å². The van der Waals surface area contributed by atoms with Crippen molar-refractivity contribution < 1.29 is 61.5 Å². The van der Waals surface area contributed by atoms with Crippen LogP contribution < -0.4 is 16.0 Å². The van der Waals surface area contributed by atoms with Crippen LogP contribution in [0.3, 0.4) is 0 Å². The van der Waals surface area contributed by atoms with Crippen LogP contribution in [-0.4, -0.2) is 185 Å². The summed E-state index contributed by atoms with van der Waals surface area (Å²) in [7, 11) is 6.36. The highest BCUT2D eigenvalue weighted by Gasteiger charge is 2.45. The molecule has 1 aliphatic carbocycles. The molecule has 76 heavy (non-hydrogen) atoms. The third kappa shape index (κ3) is 20.6. The maximum absolute atomic E-state index is 14.6. The second kappa shape index (κ2) is 34.8. The minimum atomic E-state index is -1.39. The standard InChI is InChI=1S/C54H83N7O12.C3H6.3H2/c1-13-19-38(14-2)34-41(40(15-3)55-9)56-51(66)37(6)50(70-12)42-22-18-26-60(42)47(65)35-43(69-11)49(39-20-16-17-21-39)59(10)52(67)48(36(4)5)57-53(68)54(7,8)58-44(62)25-28-71-30-32-73-33-31-72-29-27-61-45(63)23-24-46(61)64;1-3-2;;;/h3,13-14,19,23-24,36-37,39,41-43,48-50H,1-2,16-18,20-22,25-35H2,4-12H3,(H,56,66)(H,57,68)(H,58,62);3H,1H2,2H3;3*1H/b38-19+,55-40?;;;;/t37-,41+,42+,43-,48+,49+,50-;;;;/m1..../s1. The SMILES string of the molecule is C#CC(=NC)[C@H](C/C(C=C)=C/C=C)NC(=O)[C@H](C)[C@@H](OC)[C@@H]1CCCN1C(=O)C[C@@H](OC)[C@H](C1CCCC1)N(C)C(=O)[C@@H](NC(=O)C(C)(C)NC(=O)CCOCCOCCOCCN1C(=O)C=CC1=O)C(C)C.C=CC.[HH].[HH].[HH]. The van der Waals surface area contributed by atoms with Crippen molar-refractivity contribution in [3.8, 4) is 12.3 Å². The molecule has 0 bridgehead atoms. The van der Waals surface area contributed by atoms with E-state index < -0.39 is 59.6 Å². The number of likely N-dealkylation sites (N-methyl/N-ethyl adjacent to an activating group) is 1. The predicted octanol–water partition coefficient (Wildman–Crippen LogP) is 5.26. The van der Waals surface area contributed by atoms with Crippen LogP contribution in [0.15, 0.2) is 66.8 Å². The van der Waals surface area contributed by atoms with Gasteiger partial charge >= 0.3 is 0 Å². The third-order valence-electron chi connectivity index (χ3n) is 13.8. The van der Waals surface area contributed by atoms with Gasteiger partial charge in [0.15, 0.2) is 0 Å². The number of imide groups is 1. The number of hydrogen-bond donors (Lipinski definition) is 3. The summed E-state index contributed by atoms with van der Waals surface area (Å²) >= 11 is 0. The summed E-state index contributed by atoms with van der Waals surface area (Å²) in [6, 6.07) is -2.48. The van der Waals surface area contributed by atoms with E-state index in [4.69, 9.17) is 30.1 Å². The van der Waals surface area contributed by atoms with Gasteiger partial charge in [0.2, 0.25) is 29.5 Å². The normalized spacial score (nSPS) is 18.4. The Balaban J connectivity index is 0. The first-order chi connectivity index (χ1) is 36.2. The van der Waals surface area contributed by atoms with Gasteiger partial charge in [0.25, 0.3) is 11.8 Å². The first-order valence-electron chi connectivity index (χ1n) is 26.5. The van der Waals surface area contributed by atoms with Crippen LogP contribution in [0.2, 0.25) is 0 Å².